The van der Waals surface area contributed by atoms with E-state index >= 15 is 0 Å². The van der Waals surface area contributed by atoms with Crippen molar-refractivity contribution in [2.24, 2.45) is 0 Å². The number of aromatic nitrogens is 2. The molecule has 0 saturated carbocycles. The molecule has 1 aliphatic carbocycles. The van der Waals surface area contributed by atoms with Crippen LogP contribution in [0.15, 0.2) is 30.6 Å². The molecule has 2 N–H and O–H groups in total. The fourth-order valence-corrected chi connectivity index (χ4v) is 2.29. The van der Waals surface area contributed by atoms with Crippen molar-refractivity contribution in [2.75, 3.05) is 6.61 Å². The highest BCUT2D eigenvalue weighted by molar-refractivity contribution is 6.09. The summed E-state index contributed by atoms with van der Waals surface area (Å²) >= 11 is 0. The largest absolute Gasteiger partial charge is 0.361 e. The van der Waals surface area contributed by atoms with Crippen molar-refractivity contribution in [3.8, 4) is 11.3 Å². The molecule has 2 heterocycles. The average Bonchev–Trinajstić information content (AvgIpc) is 2.86. The molecule has 0 amide bonds. The van der Waals surface area contributed by atoms with Gasteiger partial charge >= 0.3 is 0 Å². The maximum absolute atomic E-state index is 12.3. The van der Waals surface area contributed by atoms with Gasteiger partial charge in [0.2, 0.25) is 5.78 Å². The van der Waals surface area contributed by atoms with Crippen LogP contribution < -0.4 is 0 Å². The number of nitrogens with one attached hydrogen (secondary N) is 1. The topological polar surface area (TPSA) is 75.2 Å². The zero-order chi connectivity index (χ0) is 12.8. The van der Waals surface area contributed by atoms with Gasteiger partial charge < -0.3 is 14.8 Å². The number of ether oxygens (including phenoxy) is 1. The number of rotatable bonds is 2. The minimum absolute atomic E-state index is 0.220. The van der Waals surface area contributed by atoms with E-state index in [1.165, 1.54) is 6.20 Å². The molecule has 1 unspecified atom stereocenters. The highest BCUT2D eigenvalue weighted by atomic mass is 16.6. The molecular weight excluding hydrogens is 232 g/mol. The Hall–Kier alpha value is -1.98. The Balaban J connectivity index is 2.31. The van der Waals surface area contributed by atoms with Crippen LogP contribution in [-0.4, -0.2) is 27.5 Å². The Bertz CT molecular complexity index is 620. The van der Waals surface area contributed by atoms with Crippen LogP contribution in [0.25, 0.3) is 11.3 Å². The van der Waals surface area contributed by atoms with Crippen LogP contribution in [-0.2, 0) is 10.5 Å². The standard InChI is InChI=1S/C13H12N2O3/c1-2-18-13(17)11-8(4-3-6-15-11)10-9(12(13)16)5-7-14-10/h3-7,14,17H,2H2,1H3. The molecule has 0 aromatic carbocycles. The van der Waals surface area contributed by atoms with Gasteiger partial charge in [0.05, 0.1) is 5.69 Å². The van der Waals surface area contributed by atoms with E-state index in [0.29, 0.717) is 16.8 Å². The Kier molecular flexibility index (Phi) is 2.33. The quantitative estimate of drug-likeness (QED) is 0.784. The van der Waals surface area contributed by atoms with Crippen LogP contribution in [0.5, 0.6) is 0 Å². The highest BCUT2D eigenvalue weighted by Crippen LogP contribution is 2.40. The van der Waals surface area contributed by atoms with Crippen LogP contribution in [0, 0.1) is 0 Å². The van der Waals surface area contributed by atoms with Gasteiger partial charge in [0.25, 0.3) is 5.79 Å². The summed E-state index contributed by atoms with van der Waals surface area (Å²) in [4.78, 5) is 19.4. The van der Waals surface area contributed by atoms with Gasteiger partial charge in [0, 0.05) is 30.1 Å². The van der Waals surface area contributed by atoms with Crippen molar-refractivity contribution in [1.29, 1.82) is 0 Å². The lowest BCUT2D eigenvalue weighted by molar-refractivity contribution is -0.173. The first-order chi connectivity index (χ1) is 8.68. The van der Waals surface area contributed by atoms with Gasteiger partial charge in [0.15, 0.2) is 0 Å². The summed E-state index contributed by atoms with van der Waals surface area (Å²) in [5, 5.41) is 10.5. The molecular formula is C13H12N2O3. The zero-order valence-electron chi connectivity index (χ0n) is 9.80. The van der Waals surface area contributed by atoms with Gasteiger partial charge in [-0.25, -0.2) is 0 Å². The Labute approximate surface area is 103 Å². The molecule has 0 bridgehead atoms. The van der Waals surface area contributed by atoms with Crippen LogP contribution in [0.1, 0.15) is 23.0 Å². The van der Waals surface area contributed by atoms with Gasteiger partial charge in [-0.2, -0.15) is 0 Å². The minimum atomic E-state index is -1.99. The smallest absolute Gasteiger partial charge is 0.276 e. The number of fused-ring (bicyclic) bond motifs is 3. The summed E-state index contributed by atoms with van der Waals surface area (Å²) in [6.45, 7) is 1.94. The van der Waals surface area contributed by atoms with E-state index in [-0.39, 0.29) is 12.3 Å². The fourth-order valence-electron chi connectivity index (χ4n) is 2.29. The van der Waals surface area contributed by atoms with Gasteiger partial charge in [-0.05, 0) is 25.1 Å². The molecule has 2 aromatic rings. The molecule has 0 saturated heterocycles. The second kappa shape index (κ2) is 3.76. The SMILES string of the molecule is CCOC1(O)C(=O)c2cc[nH]c2-c2cccnc21. The predicted octanol–water partition coefficient (Wildman–Crippen LogP) is 1.45. The second-order valence-electron chi connectivity index (χ2n) is 4.07. The Morgan fingerprint density at radius 1 is 1.44 bits per heavy atom. The molecule has 0 aliphatic heterocycles. The Morgan fingerprint density at radius 3 is 3.06 bits per heavy atom. The number of aliphatic hydroxyl groups is 1. The molecule has 1 atom stereocenters. The number of aromatic amines is 1. The van der Waals surface area contributed by atoms with Gasteiger partial charge in [0.1, 0.15) is 5.69 Å². The number of hydrogen-bond acceptors (Lipinski definition) is 4. The molecule has 5 heteroatoms. The molecule has 18 heavy (non-hydrogen) atoms. The van der Waals surface area contributed by atoms with E-state index in [1.54, 1.807) is 31.3 Å². The normalized spacial score (nSPS) is 21.6. The van der Waals surface area contributed by atoms with Crippen molar-refractivity contribution in [3.05, 3.63) is 41.9 Å². The van der Waals surface area contributed by atoms with Crippen molar-refractivity contribution < 1.29 is 14.6 Å². The summed E-state index contributed by atoms with van der Waals surface area (Å²) in [5.41, 5.74) is 2.03. The Morgan fingerprint density at radius 2 is 2.28 bits per heavy atom. The molecule has 0 spiro atoms. The van der Waals surface area contributed by atoms with Crippen molar-refractivity contribution in [3.63, 3.8) is 0 Å². The first-order valence-corrected chi connectivity index (χ1v) is 5.73. The molecule has 92 valence electrons. The number of pyridine rings is 1. The second-order valence-corrected chi connectivity index (χ2v) is 4.07. The van der Waals surface area contributed by atoms with Crippen molar-refractivity contribution in [1.82, 2.24) is 9.97 Å². The van der Waals surface area contributed by atoms with Gasteiger partial charge in [-0.3, -0.25) is 9.78 Å². The van der Waals surface area contributed by atoms with Crippen LogP contribution in [0.3, 0.4) is 0 Å². The molecule has 2 aromatic heterocycles. The number of nitrogens with zero attached hydrogens (tertiary/aromatic N) is 1. The summed E-state index contributed by atoms with van der Waals surface area (Å²) in [5.74, 6) is -2.47. The number of ketones is 1. The summed E-state index contributed by atoms with van der Waals surface area (Å²) in [6.07, 6.45) is 3.20. The maximum Gasteiger partial charge on any atom is 0.276 e. The fraction of sp³-hybridized carbons (Fsp3) is 0.231. The van der Waals surface area contributed by atoms with E-state index in [1.807, 2.05) is 0 Å². The van der Waals surface area contributed by atoms with Crippen molar-refractivity contribution in [2.45, 2.75) is 12.7 Å². The summed E-state index contributed by atoms with van der Waals surface area (Å²) in [7, 11) is 0. The molecule has 0 fully saturated rings. The van der Waals surface area contributed by atoms with Gasteiger partial charge in [-0.1, -0.05) is 0 Å². The first-order valence-electron chi connectivity index (χ1n) is 5.73. The third-order valence-corrected chi connectivity index (χ3v) is 3.05. The predicted molar refractivity (Wildman–Crippen MR) is 63.9 cm³/mol. The van der Waals surface area contributed by atoms with E-state index in [9.17, 15) is 9.90 Å². The lowest BCUT2D eigenvalue weighted by Crippen LogP contribution is -2.42. The van der Waals surface area contributed by atoms with E-state index in [2.05, 4.69) is 9.97 Å². The van der Waals surface area contributed by atoms with Crippen LogP contribution in [0.2, 0.25) is 0 Å². The van der Waals surface area contributed by atoms with Crippen LogP contribution >= 0.6 is 0 Å². The van der Waals surface area contributed by atoms with Crippen LogP contribution in [0.4, 0.5) is 0 Å². The number of carbonyl (C=O) groups is 1. The third kappa shape index (κ3) is 1.28. The molecule has 0 radical (unpaired) electrons. The van der Waals surface area contributed by atoms with E-state index in [0.717, 1.165) is 0 Å². The zero-order valence-corrected chi connectivity index (χ0v) is 9.80. The summed E-state index contributed by atoms with van der Waals surface area (Å²) < 4.78 is 5.26. The molecule has 5 nitrogen and oxygen atoms in total. The lowest BCUT2D eigenvalue weighted by atomic mass is 9.88. The number of carbonyl (C=O) groups excluding carboxylic acids is 1. The van der Waals surface area contributed by atoms with Gasteiger partial charge in [-0.15, -0.1) is 0 Å². The monoisotopic (exact) mass is 244 g/mol. The lowest BCUT2D eigenvalue weighted by Gasteiger charge is -2.30. The summed E-state index contributed by atoms with van der Waals surface area (Å²) in [6, 6.07) is 5.19. The maximum atomic E-state index is 12.3. The number of hydrogen-bond donors (Lipinski definition) is 2. The van der Waals surface area contributed by atoms with E-state index in [4.69, 9.17) is 4.74 Å². The van der Waals surface area contributed by atoms with E-state index < -0.39 is 11.6 Å². The molecule has 3 rings (SSSR count). The molecule has 1 aliphatic rings. The minimum Gasteiger partial charge on any atom is -0.361 e. The highest BCUT2D eigenvalue weighted by Gasteiger charge is 2.47. The average molecular weight is 244 g/mol. The third-order valence-electron chi connectivity index (χ3n) is 3.05. The van der Waals surface area contributed by atoms with Crippen molar-refractivity contribution >= 4 is 5.78 Å². The number of H-pyrrole nitrogens is 1. The number of Topliss-reactive ketones (excluding diaryl/α,β-unsaturated/α-hetero) is 1. The first kappa shape index (κ1) is 11.1.